The molecule has 1 atom stereocenters. The molecule has 0 aliphatic rings. The molecule has 0 spiro atoms. The molecule has 132 valence electrons. The highest BCUT2D eigenvalue weighted by molar-refractivity contribution is 7.98. The lowest BCUT2D eigenvalue weighted by atomic mass is 10.2. The van der Waals surface area contributed by atoms with Crippen LogP contribution in [0, 0.1) is 5.82 Å². The maximum absolute atomic E-state index is 13.3. The minimum atomic E-state index is -0.195. The lowest BCUT2D eigenvalue weighted by molar-refractivity contribution is 0.270. The summed E-state index contributed by atoms with van der Waals surface area (Å²) in [5.41, 5.74) is 0.964. The Morgan fingerprint density at radius 2 is 2.04 bits per heavy atom. The SMILES string of the molecule is CCCCn1c(SCc2cccc(F)c2)nnc1C(CC)N(C)C. The average molecular weight is 351 g/mol. The summed E-state index contributed by atoms with van der Waals surface area (Å²) in [5, 5.41) is 9.80. The van der Waals surface area contributed by atoms with Gasteiger partial charge in [0.05, 0.1) is 6.04 Å². The predicted molar refractivity (Wildman–Crippen MR) is 97.6 cm³/mol. The van der Waals surface area contributed by atoms with E-state index in [9.17, 15) is 4.39 Å². The predicted octanol–water partition coefficient (Wildman–Crippen LogP) is 4.52. The Bertz CT molecular complexity index is 642. The van der Waals surface area contributed by atoms with Crippen LogP contribution in [0.5, 0.6) is 0 Å². The first kappa shape index (κ1) is 18.9. The van der Waals surface area contributed by atoms with E-state index in [-0.39, 0.29) is 11.9 Å². The van der Waals surface area contributed by atoms with Crippen molar-refractivity contribution >= 4 is 11.8 Å². The fourth-order valence-electron chi connectivity index (χ4n) is 2.73. The maximum atomic E-state index is 13.3. The minimum Gasteiger partial charge on any atom is -0.305 e. The molecule has 0 aliphatic carbocycles. The van der Waals surface area contributed by atoms with Crippen molar-refractivity contribution in [1.29, 1.82) is 0 Å². The zero-order valence-electron chi connectivity index (χ0n) is 15.0. The molecule has 0 bridgehead atoms. The van der Waals surface area contributed by atoms with Crippen molar-refractivity contribution < 1.29 is 4.39 Å². The third-order valence-electron chi connectivity index (χ3n) is 4.05. The second-order valence-corrected chi connectivity index (χ2v) is 7.09. The molecule has 0 radical (unpaired) electrons. The van der Waals surface area contributed by atoms with E-state index in [0.717, 1.165) is 42.4 Å². The quantitative estimate of drug-likeness (QED) is 0.623. The van der Waals surface area contributed by atoms with Crippen molar-refractivity contribution in [1.82, 2.24) is 19.7 Å². The lowest BCUT2D eigenvalue weighted by Gasteiger charge is -2.23. The van der Waals surface area contributed by atoms with Gasteiger partial charge < -0.3 is 4.57 Å². The average Bonchev–Trinajstić information content (AvgIpc) is 2.94. The standard InChI is InChI=1S/C18H27FN4S/c1-5-7-11-23-17(16(6-2)22(3)4)20-21-18(23)24-13-14-9-8-10-15(19)12-14/h8-10,12,16H,5-7,11,13H2,1-4H3. The molecule has 0 N–H and O–H groups in total. The van der Waals surface area contributed by atoms with Crippen molar-refractivity contribution in [3.05, 3.63) is 41.5 Å². The number of thioether (sulfide) groups is 1. The smallest absolute Gasteiger partial charge is 0.191 e. The van der Waals surface area contributed by atoms with Gasteiger partial charge in [-0.25, -0.2) is 4.39 Å². The Balaban J connectivity index is 2.20. The third-order valence-corrected chi connectivity index (χ3v) is 5.08. The Kier molecular flexibility index (Phi) is 7.24. The zero-order valence-corrected chi connectivity index (χ0v) is 15.8. The highest BCUT2D eigenvalue weighted by Gasteiger charge is 2.21. The summed E-state index contributed by atoms with van der Waals surface area (Å²) in [4.78, 5) is 2.19. The fraction of sp³-hybridized carbons (Fsp3) is 0.556. The maximum Gasteiger partial charge on any atom is 0.191 e. The molecule has 0 saturated carbocycles. The van der Waals surface area contributed by atoms with E-state index in [1.807, 2.05) is 6.07 Å². The third kappa shape index (κ3) is 4.80. The Hall–Kier alpha value is -1.40. The van der Waals surface area contributed by atoms with Gasteiger partial charge in [0.1, 0.15) is 5.82 Å². The Labute approximate surface area is 148 Å². The molecule has 2 aromatic rings. The van der Waals surface area contributed by atoms with Crippen LogP contribution in [0.15, 0.2) is 29.4 Å². The molecule has 0 fully saturated rings. The van der Waals surface area contributed by atoms with Crippen molar-refractivity contribution in [3.8, 4) is 0 Å². The molecule has 2 rings (SSSR count). The van der Waals surface area contributed by atoms with E-state index < -0.39 is 0 Å². The van der Waals surface area contributed by atoms with Crippen LogP contribution in [0.2, 0.25) is 0 Å². The van der Waals surface area contributed by atoms with Crippen LogP contribution in [0.25, 0.3) is 0 Å². The summed E-state index contributed by atoms with van der Waals surface area (Å²) < 4.78 is 15.6. The van der Waals surface area contributed by atoms with E-state index in [1.54, 1.807) is 23.9 Å². The molecule has 1 aromatic heterocycles. The summed E-state index contributed by atoms with van der Waals surface area (Å²) in [6.07, 6.45) is 3.22. The molecule has 0 saturated heterocycles. The number of hydrogen-bond donors (Lipinski definition) is 0. The first-order valence-electron chi connectivity index (χ1n) is 8.53. The van der Waals surface area contributed by atoms with Crippen LogP contribution in [-0.2, 0) is 12.3 Å². The lowest BCUT2D eigenvalue weighted by Crippen LogP contribution is -2.23. The molecule has 4 nitrogen and oxygen atoms in total. The number of benzene rings is 1. The van der Waals surface area contributed by atoms with E-state index in [2.05, 4.69) is 47.6 Å². The number of hydrogen-bond acceptors (Lipinski definition) is 4. The molecule has 0 aliphatic heterocycles. The summed E-state index contributed by atoms with van der Waals surface area (Å²) in [5.74, 6) is 1.53. The second-order valence-electron chi connectivity index (χ2n) is 6.15. The molecular weight excluding hydrogens is 323 g/mol. The number of nitrogens with zero attached hydrogens (tertiary/aromatic N) is 4. The van der Waals surface area contributed by atoms with E-state index in [1.165, 1.54) is 6.07 Å². The zero-order chi connectivity index (χ0) is 17.5. The van der Waals surface area contributed by atoms with Crippen molar-refractivity contribution in [2.75, 3.05) is 14.1 Å². The summed E-state index contributed by atoms with van der Waals surface area (Å²) in [6, 6.07) is 7.00. The van der Waals surface area contributed by atoms with Crippen LogP contribution < -0.4 is 0 Å². The van der Waals surface area contributed by atoms with E-state index in [0.29, 0.717) is 5.75 Å². The van der Waals surface area contributed by atoms with Gasteiger partial charge in [0, 0.05) is 12.3 Å². The van der Waals surface area contributed by atoms with Crippen molar-refractivity contribution in [3.63, 3.8) is 0 Å². The van der Waals surface area contributed by atoms with Gasteiger partial charge >= 0.3 is 0 Å². The second kappa shape index (κ2) is 9.18. The normalized spacial score (nSPS) is 12.8. The number of unbranched alkanes of at least 4 members (excludes halogenated alkanes) is 1. The molecule has 24 heavy (non-hydrogen) atoms. The van der Waals surface area contributed by atoms with Crippen LogP contribution in [0.1, 0.15) is 50.5 Å². The number of halogens is 1. The molecule has 1 aromatic carbocycles. The summed E-state index contributed by atoms with van der Waals surface area (Å²) >= 11 is 1.62. The molecule has 1 unspecified atom stereocenters. The first-order chi connectivity index (χ1) is 11.6. The molecule has 6 heteroatoms. The van der Waals surface area contributed by atoms with Gasteiger partial charge in [-0.05, 0) is 44.6 Å². The first-order valence-corrected chi connectivity index (χ1v) is 9.52. The molecule has 1 heterocycles. The Morgan fingerprint density at radius 1 is 1.25 bits per heavy atom. The molecule has 0 amide bonds. The number of rotatable bonds is 9. The van der Waals surface area contributed by atoms with Crippen LogP contribution in [-0.4, -0.2) is 33.8 Å². The fourth-order valence-corrected chi connectivity index (χ4v) is 3.65. The highest BCUT2D eigenvalue weighted by atomic mass is 32.2. The van der Waals surface area contributed by atoms with Gasteiger partial charge in [-0.15, -0.1) is 10.2 Å². The monoisotopic (exact) mass is 350 g/mol. The summed E-state index contributed by atoms with van der Waals surface area (Å²) in [7, 11) is 4.15. The van der Waals surface area contributed by atoms with Crippen molar-refractivity contribution in [2.45, 2.75) is 56.6 Å². The van der Waals surface area contributed by atoms with Crippen molar-refractivity contribution in [2.24, 2.45) is 0 Å². The number of aromatic nitrogens is 3. The highest BCUT2D eigenvalue weighted by Crippen LogP contribution is 2.27. The van der Waals surface area contributed by atoms with Crippen LogP contribution in [0.4, 0.5) is 4.39 Å². The van der Waals surface area contributed by atoms with Gasteiger partial charge in [0.2, 0.25) is 0 Å². The largest absolute Gasteiger partial charge is 0.305 e. The topological polar surface area (TPSA) is 34.0 Å². The molecular formula is C18H27FN4S. The van der Waals surface area contributed by atoms with Crippen LogP contribution in [0.3, 0.4) is 0 Å². The minimum absolute atomic E-state index is 0.195. The van der Waals surface area contributed by atoms with Crippen LogP contribution >= 0.6 is 11.8 Å². The van der Waals surface area contributed by atoms with Gasteiger partial charge in [0.15, 0.2) is 11.0 Å². The van der Waals surface area contributed by atoms with Gasteiger partial charge in [-0.1, -0.05) is 44.2 Å². The van der Waals surface area contributed by atoms with Gasteiger partial charge in [0.25, 0.3) is 0 Å². The van der Waals surface area contributed by atoms with Gasteiger partial charge in [-0.3, -0.25) is 4.90 Å². The van der Waals surface area contributed by atoms with E-state index in [4.69, 9.17) is 0 Å². The van der Waals surface area contributed by atoms with Gasteiger partial charge in [-0.2, -0.15) is 0 Å². The summed E-state index contributed by atoms with van der Waals surface area (Å²) in [6.45, 7) is 5.28. The van der Waals surface area contributed by atoms with E-state index >= 15 is 0 Å². The Morgan fingerprint density at radius 3 is 2.67 bits per heavy atom.